The van der Waals surface area contributed by atoms with E-state index in [0.717, 1.165) is 29.8 Å². The van der Waals surface area contributed by atoms with Crippen LogP contribution in [0, 0.1) is 0 Å². The topological polar surface area (TPSA) is 32.6 Å². The van der Waals surface area contributed by atoms with Crippen LogP contribution in [0.1, 0.15) is 10.6 Å². The van der Waals surface area contributed by atoms with Gasteiger partial charge in [0.2, 0.25) is 0 Å². The Balaban J connectivity index is 0.00000220. The standard InChI is InChI=1S/C14H19ClN4S.HI/c1-16-14(17-8-13-5-4-6-20-13)19(3)10-12-7-11(15)9-18(12)2;/h4-7,9H,8,10H2,1-3H3,(H,16,17);1H. The molecule has 0 aliphatic carbocycles. The minimum absolute atomic E-state index is 0. The molecule has 0 aliphatic rings. The third kappa shape index (κ3) is 5.19. The monoisotopic (exact) mass is 438 g/mol. The summed E-state index contributed by atoms with van der Waals surface area (Å²) < 4.78 is 2.03. The second kappa shape index (κ2) is 8.65. The van der Waals surface area contributed by atoms with Crippen molar-refractivity contribution in [2.24, 2.45) is 12.0 Å². The highest BCUT2D eigenvalue weighted by Gasteiger charge is 2.09. The maximum atomic E-state index is 6.01. The third-order valence-corrected chi connectivity index (χ3v) is 4.13. The van der Waals surface area contributed by atoms with E-state index in [1.165, 1.54) is 4.88 Å². The molecule has 0 saturated carbocycles. The summed E-state index contributed by atoms with van der Waals surface area (Å²) in [5, 5.41) is 6.20. The Morgan fingerprint density at radius 2 is 2.29 bits per heavy atom. The molecule has 1 N–H and O–H groups in total. The number of nitrogens with zero attached hydrogens (tertiary/aromatic N) is 3. The minimum Gasteiger partial charge on any atom is -0.351 e. The van der Waals surface area contributed by atoms with Gasteiger partial charge in [0.15, 0.2) is 5.96 Å². The summed E-state index contributed by atoms with van der Waals surface area (Å²) >= 11 is 7.75. The van der Waals surface area contributed by atoms with E-state index >= 15 is 0 Å². The Morgan fingerprint density at radius 1 is 1.52 bits per heavy atom. The summed E-state index contributed by atoms with van der Waals surface area (Å²) in [7, 11) is 5.81. The number of rotatable bonds is 4. The van der Waals surface area contributed by atoms with Crippen molar-refractivity contribution >= 4 is 52.9 Å². The van der Waals surface area contributed by atoms with E-state index in [2.05, 4.69) is 32.7 Å². The highest BCUT2D eigenvalue weighted by atomic mass is 127. The van der Waals surface area contributed by atoms with Gasteiger partial charge in [0.25, 0.3) is 0 Å². The number of guanidine groups is 1. The Bertz CT molecular complexity index is 580. The fraction of sp³-hybridized carbons (Fsp3) is 0.357. The molecule has 4 nitrogen and oxygen atoms in total. The molecule has 116 valence electrons. The van der Waals surface area contributed by atoms with Crippen LogP contribution in [0.4, 0.5) is 0 Å². The van der Waals surface area contributed by atoms with Crippen LogP contribution < -0.4 is 5.32 Å². The molecule has 2 rings (SSSR count). The van der Waals surface area contributed by atoms with Gasteiger partial charge >= 0.3 is 0 Å². The van der Waals surface area contributed by atoms with Crippen LogP contribution >= 0.6 is 46.9 Å². The van der Waals surface area contributed by atoms with E-state index in [9.17, 15) is 0 Å². The number of aliphatic imine (C=N–C) groups is 1. The fourth-order valence-electron chi connectivity index (χ4n) is 2.01. The van der Waals surface area contributed by atoms with Gasteiger partial charge in [-0.05, 0) is 17.5 Å². The first-order valence-electron chi connectivity index (χ1n) is 6.35. The summed E-state index contributed by atoms with van der Waals surface area (Å²) in [6.07, 6.45) is 1.91. The van der Waals surface area contributed by atoms with Crippen molar-refractivity contribution in [1.29, 1.82) is 0 Å². The number of halogens is 2. The molecule has 2 heterocycles. The van der Waals surface area contributed by atoms with E-state index in [1.54, 1.807) is 18.4 Å². The smallest absolute Gasteiger partial charge is 0.194 e. The molecule has 7 heteroatoms. The maximum absolute atomic E-state index is 6.01. The van der Waals surface area contributed by atoms with Crippen LogP contribution in [-0.4, -0.2) is 29.5 Å². The van der Waals surface area contributed by atoms with Crippen LogP contribution in [0.15, 0.2) is 34.8 Å². The molecule has 0 unspecified atom stereocenters. The summed E-state index contributed by atoms with van der Waals surface area (Å²) in [5.74, 6) is 0.871. The molecule has 0 aliphatic heterocycles. The Kier molecular flexibility index (Phi) is 7.55. The molecule has 0 radical (unpaired) electrons. The molecule has 2 aromatic rings. The Labute approximate surface area is 151 Å². The van der Waals surface area contributed by atoms with Gasteiger partial charge in [-0.3, -0.25) is 4.99 Å². The van der Waals surface area contributed by atoms with Crippen LogP contribution in [0.2, 0.25) is 5.02 Å². The lowest BCUT2D eigenvalue weighted by molar-refractivity contribution is 0.462. The SMILES string of the molecule is CN=C(NCc1cccs1)N(C)Cc1cc(Cl)cn1C.I. The lowest BCUT2D eigenvalue weighted by Crippen LogP contribution is -2.38. The quantitative estimate of drug-likeness (QED) is 0.450. The molecule has 0 amide bonds. The highest BCUT2D eigenvalue weighted by Crippen LogP contribution is 2.14. The zero-order chi connectivity index (χ0) is 14.5. The minimum atomic E-state index is 0. The van der Waals surface area contributed by atoms with Crippen molar-refractivity contribution in [3.05, 3.63) is 45.4 Å². The first-order chi connectivity index (χ1) is 9.60. The number of aryl methyl sites for hydroxylation is 1. The van der Waals surface area contributed by atoms with Crippen LogP contribution in [-0.2, 0) is 20.1 Å². The predicted molar refractivity (Wildman–Crippen MR) is 102 cm³/mol. The number of nitrogens with one attached hydrogen (secondary N) is 1. The van der Waals surface area contributed by atoms with Gasteiger partial charge in [0.05, 0.1) is 18.1 Å². The van der Waals surface area contributed by atoms with Crippen molar-refractivity contribution in [3.63, 3.8) is 0 Å². The lowest BCUT2D eigenvalue weighted by Gasteiger charge is -2.22. The molecule has 21 heavy (non-hydrogen) atoms. The van der Waals surface area contributed by atoms with Gasteiger partial charge in [-0.1, -0.05) is 17.7 Å². The average molecular weight is 439 g/mol. The molecular weight excluding hydrogens is 419 g/mol. The van der Waals surface area contributed by atoms with Crippen molar-refractivity contribution in [2.45, 2.75) is 13.1 Å². The normalized spacial score (nSPS) is 11.1. The second-order valence-electron chi connectivity index (χ2n) is 4.60. The molecule has 2 aromatic heterocycles. The molecule has 0 saturated heterocycles. The molecule has 0 atom stereocenters. The van der Waals surface area contributed by atoms with E-state index < -0.39 is 0 Å². The Morgan fingerprint density at radius 3 is 2.81 bits per heavy atom. The lowest BCUT2D eigenvalue weighted by atomic mass is 10.4. The van der Waals surface area contributed by atoms with Crippen LogP contribution in [0.3, 0.4) is 0 Å². The van der Waals surface area contributed by atoms with E-state index in [0.29, 0.717) is 0 Å². The van der Waals surface area contributed by atoms with Gasteiger partial charge in [0.1, 0.15) is 0 Å². The molecule has 0 bridgehead atoms. The van der Waals surface area contributed by atoms with Gasteiger partial charge in [-0.25, -0.2) is 0 Å². The largest absolute Gasteiger partial charge is 0.351 e. The van der Waals surface area contributed by atoms with Gasteiger partial charge < -0.3 is 14.8 Å². The first-order valence-corrected chi connectivity index (χ1v) is 7.61. The number of hydrogen-bond donors (Lipinski definition) is 1. The highest BCUT2D eigenvalue weighted by molar-refractivity contribution is 14.0. The van der Waals surface area contributed by atoms with Gasteiger partial charge in [-0.15, -0.1) is 35.3 Å². The zero-order valence-corrected chi connectivity index (χ0v) is 16.2. The Hall–Kier alpha value is -0.730. The van der Waals surface area contributed by atoms with Crippen molar-refractivity contribution in [3.8, 4) is 0 Å². The molecule has 0 aromatic carbocycles. The summed E-state index contributed by atoms with van der Waals surface area (Å²) in [6.45, 7) is 1.55. The van der Waals surface area contributed by atoms with Gasteiger partial charge in [0, 0.05) is 37.9 Å². The average Bonchev–Trinajstić information content (AvgIpc) is 3.01. The van der Waals surface area contributed by atoms with Gasteiger partial charge in [-0.2, -0.15) is 0 Å². The van der Waals surface area contributed by atoms with Crippen molar-refractivity contribution in [1.82, 2.24) is 14.8 Å². The predicted octanol–water partition coefficient (Wildman–Crippen LogP) is 3.57. The summed E-state index contributed by atoms with van der Waals surface area (Å²) in [6, 6.07) is 6.15. The van der Waals surface area contributed by atoms with E-state index in [-0.39, 0.29) is 24.0 Å². The number of thiophene rings is 1. The molecule has 0 fully saturated rings. The first kappa shape index (κ1) is 18.3. The van der Waals surface area contributed by atoms with Crippen LogP contribution in [0.5, 0.6) is 0 Å². The van der Waals surface area contributed by atoms with E-state index in [1.807, 2.05) is 30.9 Å². The number of aromatic nitrogens is 1. The summed E-state index contributed by atoms with van der Waals surface area (Å²) in [4.78, 5) is 7.69. The maximum Gasteiger partial charge on any atom is 0.194 e. The second-order valence-corrected chi connectivity index (χ2v) is 6.07. The third-order valence-electron chi connectivity index (χ3n) is 3.05. The summed E-state index contributed by atoms with van der Waals surface area (Å²) in [5.41, 5.74) is 1.15. The fourth-order valence-corrected chi connectivity index (χ4v) is 2.92. The van der Waals surface area contributed by atoms with Crippen molar-refractivity contribution in [2.75, 3.05) is 14.1 Å². The van der Waals surface area contributed by atoms with E-state index in [4.69, 9.17) is 11.6 Å². The molecular formula is C14H20ClIN4S. The number of hydrogen-bond acceptors (Lipinski definition) is 2. The zero-order valence-electron chi connectivity index (χ0n) is 12.3. The molecule has 0 spiro atoms. The van der Waals surface area contributed by atoms with Crippen molar-refractivity contribution < 1.29 is 0 Å². The van der Waals surface area contributed by atoms with Crippen LogP contribution in [0.25, 0.3) is 0 Å².